The summed E-state index contributed by atoms with van der Waals surface area (Å²) in [6.07, 6.45) is 1.69. The third kappa shape index (κ3) is 3.45. The molecule has 26 heavy (non-hydrogen) atoms. The maximum atomic E-state index is 6.31. The minimum absolute atomic E-state index is 0.518. The Morgan fingerprint density at radius 2 is 2.12 bits per heavy atom. The quantitative estimate of drug-likeness (QED) is 0.615. The summed E-state index contributed by atoms with van der Waals surface area (Å²) in [4.78, 5) is 0. The lowest BCUT2D eigenvalue weighted by molar-refractivity contribution is 0.171. The van der Waals surface area contributed by atoms with E-state index < -0.39 is 0 Å². The molecule has 0 saturated heterocycles. The monoisotopic (exact) mass is 389 g/mol. The van der Waals surface area contributed by atoms with Gasteiger partial charge in [-0.3, -0.25) is 4.57 Å². The molecule has 2 aromatic carbocycles. The third-order valence-corrected chi connectivity index (χ3v) is 5.17. The number of hydrogen-bond acceptors (Lipinski definition) is 6. The van der Waals surface area contributed by atoms with E-state index in [1.165, 1.54) is 0 Å². The molecule has 0 radical (unpaired) electrons. The number of rotatable bonds is 5. The van der Waals surface area contributed by atoms with Gasteiger partial charge in [-0.05, 0) is 29.8 Å². The van der Waals surface area contributed by atoms with E-state index in [-0.39, 0.29) is 0 Å². The summed E-state index contributed by atoms with van der Waals surface area (Å²) in [5.41, 5.74) is 1.97. The Balaban J connectivity index is 1.54. The molecule has 1 aromatic heterocycles. The van der Waals surface area contributed by atoms with E-state index in [2.05, 4.69) is 10.2 Å². The van der Waals surface area contributed by atoms with Gasteiger partial charge in [-0.15, -0.1) is 10.2 Å². The topological polar surface area (TPSA) is 58.4 Å². The largest absolute Gasteiger partial charge is 0.497 e. The molecule has 1 aliphatic rings. The van der Waals surface area contributed by atoms with Crippen LogP contribution in [0.5, 0.6) is 17.2 Å². The summed E-state index contributed by atoms with van der Waals surface area (Å²) in [6.45, 7) is 1.05. The van der Waals surface area contributed by atoms with E-state index in [1.807, 2.05) is 41.0 Å². The van der Waals surface area contributed by atoms with Crippen LogP contribution in [0.25, 0.3) is 5.69 Å². The van der Waals surface area contributed by atoms with E-state index in [9.17, 15) is 0 Å². The van der Waals surface area contributed by atoms with Crippen LogP contribution in [-0.2, 0) is 5.75 Å². The zero-order valence-corrected chi connectivity index (χ0v) is 15.6. The second-order valence-electron chi connectivity index (χ2n) is 5.58. The van der Waals surface area contributed by atoms with Crippen molar-refractivity contribution in [3.63, 3.8) is 0 Å². The van der Waals surface area contributed by atoms with Crippen LogP contribution in [-0.4, -0.2) is 35.1 Å². The van der Waals surface area contributed by atoms with Crippen molar-refractivity contribution in [3.05, 3.63) is 53.3 Å². The first-order valence-corrected chi connectivity index (χ1v) is 9.36. The molecule has 0 unspecified atom stereocenters. The molecule has 0 fully saturated rings. The van der Waals surface area contributed by atoms with Crippen LogP contribution in [0.4, 0.5) is 0 Å². The van der Waals surface area contributed by atoms with E-state index in [0.29, 0.717) is 35.5 Å². The van der Waals surface area contributed by atoms with E-state index in [4.69, 9.17) is 25.8 Å². The molecular formula is C18H16ClN3O3S. The molecule has 0 saturated carbocycles. The van der Waals surface area contributed by atoms with Gasteiger partial charge in [-0.1, -0.05) is 29.4 Å². The predicted molar refractivity (Wildman–Crippen MR) is 99.9 cm³/mol. The van der Waals surface area contributed by atoms with Gasteiger partial charge in [-0.25, -0.2) is 0 Å². The molecule has 0 amide bonds. The fourth-order valence-corrected chi connectivity index (χ4v) is 3.80. The highest BCUT2D eigenvalue weighted by Crippen LogP contribution is 2.39. The van der Waals surface area contributed by atoms with Crippen molar-refractivity contribution >= 4 is 23.4 Å². The molecule has 4 rings (SSSR count). The van der Waals surface area contributed by atoms with Crippen LogP contribution >= 0.6 is 23.4 Å². The highest BCUT2D eigenvalue weighted by molar-refractivity contribution is 7.98. The lowest BCUT2D eigenvalue weighted by Crippen LogP contribution is -2.15. The summed E-state index contributed by atoms with van der Waals surface area (Å²) in [7, 11) is 1.65. The van der Waals surface area contributed by atoms with Gasteiger partial charge in [-0.2, -0.15) is 0 Å². The number of nitrogens with zero attached hydrogens (tertiary/aromatic N) is 3. The molecule has 6 nitrogen and oxygen atoms in total. The molecule has 0 aliphatic carbocycles. The van der Waals surface area contributed by atoms with Gasteiger partial charge in [0.2, 0.25) is 0 Å². The van der Waals surface area contributed by atoms with Gasteiger partial charge < -0.3 is 14.2 Å². The molecule has 0 bridgehead atoms. The molecule has 0 atom stereocenters. The Morgan fingerprint density at radius 3 is 3.00 bits per heavy atom. The number of aromatic nitrogens is 3. The van der Waals surface area contributed by atoms with Crippen molar-refractivity contribution in [1.82, 2.24) is 14.8 Å². The standard InChI is InChI=1S/C18H16ClN3O3S/c1-23-14-4-2-3-13(9-14)22-11-20-21-18(22)26-10-12-7-15(19)17-16(8-12)24-5-6-25-17/h2-4,7-9,11H,5-6,10H2,1H3. The number of fused-ring (bicyclic) bond motifs is 1. The Hall–Kier alpha value is -2.38. The third-order valence-electron chi connectivity index (χ3n) is 3.87. The van der Waals surface area contributed by atoms with Crippen molar-refractivity contribution in [3.8, 4) is 22.9 Å². The summed E-state index contributed by atoms with van der Waals surface area (Å²) < 4.78 is 18.4. The Morgan fingerprint density at radius 1 is 1.23 bits per heavy atom. The first kappa shape index (κ1) is 17.1. The minimum atomic E-state index is 0.518. The van der Waals surface area contributed by atoms with E-state index >= 15 is 0 Å². The zero-order chi connectivity index (χ0) is 17.9. The highest BCUT2D eigenvalue weighted by Gasteiger charge is 2.17. The van der Waals surface area contributed by atoms with E-state index in [1.54, 1.807) is 25.2 Å². The van der Waals surface area contributed by atoms with Crippen molar-refractivity contribution in [2.75, 3.05) is 20.3 Å². The molecule has 0 spiro atoms. The van der Waals surface area contributed by atoms with Crippen LogP contribution in [0.3, 0.4) is 0 Å². The summed E-state index contributed by atoms with van der Waals surface area (Å²) >= 11 is 7.88. The van der Waals surface area contributed by atoms with Gasteiger partial charge in [0.25, 0.3) is 0 Å². The molecular weight excluding hydrogens is 374 g/mol. The number of methoxy groups -OCH3 is 1. The van der Waals surface area contributed by atoms with E-state index in [0.717, 1.165) is 22.2 Å². The van der Waals surface area contributed by atoms with Crippen molar-refractivity contribution in [2.45, 2.75) is 10.9 Å². The van der Waals surface area contributed by atoms with Crippen molar-refractivity contribution in [1.29, 1.82) is 0 Å². The number of thioether (sulfide) groups is 1. The van der Waals surface area contributed by atoms with Crippen LogP contribution in [0, 0.1) is 0 Å². The second-order valence-corrected chi connectivity index (χ2v) is 6.93. The average Bonchev–Trinajstić information content (AvgIpc) is 3.15. The first-order valence-electron chi connectivity index (χ1n) is 8.00. The van der Waals surface area contributed by atoms with Gasteiger partial charge in [0.05, 0.1) is 17.8 Å². The van der Waals surface area contributed by atoms with Gasteiger partial charge in [0, 0.05) is 11.8 Å². The van der Waals surface area contributed by atoms with Gasteiger partial charge >= 0.3 is 0 Å². The fraction of sp³-hybridized carbons (Fsp3) is 0.222. The molecule has 0 N–H and O–H groups in total. The SMILES string of the molecule is COc1cccc(-n2cnnc2SCc2cc(Cl)c3c(c2)OCCO3)c1. The second kappa shape index (κ2) is 7.47. The summed E-state index contributed by atoms with van der Waals surface area (Å²) in [6, 6.07) is 11.6. The lowest BCUT2D eigenvalue weighted by atomic mass is 10.2. The summed E-state index contributed by atoms with van der Waals surface area (Å²) in [5.74, 6) is 2.77. The number of benzene rings is 2. The van der Waals surface area contributed by atoms with Crippen LogP contribution in [0.15, 0.2) is 47.9 Å². The van der Waals surface area contributed by atoms with Crippen molar-refractivity contribution in [2.24, 2.45) is 0 Å². The maximum absolute atomic E-state index is 6.31. The fourth-order valence-electron chi connectivity index (χ4n) is 2.66. The highest BCUT2D eigenvalue weighted by atomic mass is 35.5. The molecule has 8 heteroatoms. The Labute approximate surface area is 160 Å². The van der Waals surface area contributed by atoms with Crippen LogP contribution < -0.4 is 14.2 Å². The maximum Gasteiger partial charge on any atom is 0.195 e. The average molecular weight is 390 g/mol. The molecule has 3 aromatic rings. The number of halogens is 1. The smallest absolute Gasteiger partial charge is 0.195 e. The normalized spacial score (nSPS) is 12.8. The summed E-state index contributed by atoms with van der Waals surface area (Å²) in [5, 5.41) is 9.60. The van der Waals surface area contributed by atoms with Gasteiger partial charge in [0.1, 0.15) is 25.3 Å². The zero-order valence-electron chi connectivity index (χ0n) is 14.0. The number of ether oxygens (including phenoxy) is 3. The Kier molecular flexibility index (Phi) is 4.90. The molecule has 2 heterocycles. The molecule has 1 aliphatic heterocycles. The van der Waals surface area contributed by atoms with Gasteiger partial charge in [0.15, 0.2) is 16.7 Å². The van der Waals surface area contributed by atoms with Crippen LogP contribution in [0.1, 0.15) is 5.56 Å². The van der Waals surface area contributed by atoms with Crippen molar-refractivity contribution < 1.29 is 14.2 Å². The molecule has 134 valence electrons. The first-order chi connectivity index (χ1) is 12.7. The number of hydrogen-bond donors (Lipinski definition) is 0. The van der Waals surface area contributed by atoms with Crippen LogP contribution in [0.2, 0.25) is 5.02 Å². The Bertz CT molecular complexity index is 932. The lowest BCUT2D eigenvalue weighted by Gasteiger charge is -2.20. The predicted octanol–water partition coefficient (Wildman–Crippen LogP) is 3.99. The minimum Gasteiger partial charge on any atom is -0.497 e.